The average Bonchev–Trinajstić information content (AvgIpc) is 2.77. The number of hydrogen-bond acceptors (Lipinski definition) is 4. The topological polar surface area (TPSA) is 88.3 Å². The maximum atomic E-state index is 12.5. The highest BCUT2D eigenvalue weighted by Crippen LogP contribution is 2.58. The number of aryl methyl sites for hydroxylation is 1. The fraction of sp³-hybridized carbons (Fsp3) is 0.444. The molecule has 0 radical (unpaired) electrons. The highest BCUT2D eigenvalue weighted by atomic mass is 16.6. The first-order valence-corrected chi connectivity index (χ1v) is 11.6. The lowest BCUT2D eigenvalue weighted by Crippen LogP contribution is -2.40. The third-order valence-corrected chi connectivity index (χ3v) is 7.37. The van der Waals surface area contributed by atoms with Crippen molar-refractivity contribution in [1.82, 2.24) is 0 Å². The molecule has 4 aliphatic carbocycles. The van der Waals surface area contributed by atoms with Crippen LogP contribution in [0.15, 0.2) is 48.0 Å². The summed E-state index contributed by atoms with van der Waals surface area (Å²) in [6.07, 6.45) is 6.02. The van der Waals surface area contributed by atoms with Gasteiger partial charge >= 0.3 is 6.09 Å². The molecule has 0 aromatic heterocycles. The minimum Gasteiger partial charge on any atom is -0.497 e. The molecule has 0 saturated heterocycles. The molecule has 0 unspecified atom stereocenters. The first-order valence-electron chi connectivity index (χ1n) is 11.6. The van der Waals surface area contributed by atoms with Crippen LogP contribution in [0, 0.1) is 30.6 Å². The molecule has 0 spiro atoms. The summed E-state index contributed by atoms with van der Waals surface area (Å²) in [5.41, 5.74) is 4.15. The minimum absolute atomic E-state index is 0. The summed E-state index contributed by atoms with van der Waals surface area (Å²) in [5, 5.41) is 2.85. The van der Waals surface area contributed by atoms with Gasteiger partial charge in [-0.2, -0.15) is 0 Å². The molecule has 1 amide bonds. The van der Waals surface area contributed by atoms with Gasteiger partial charge in [-0.1, -0.05) is 17.7 Å². The van der Waals surface area contributed by atoms with E-state index in [1.54, 1.807) is 32.4 Å². The second-order valence-electron chi connectivity index (χ2n) is 9.57. The van der Waals surface area contributed by atoms with Crippen LogP contribution in [0.2, 0.25) is 0 Å². The van der Waals surface area contributed by atoms with Crippen LogP contribution in [0.25, 0.3) is 5.76 Å². The zero-order valence-electron chi connectivity index (χ0n) is 19.5. The van der Waals surface area contributed by atoms with Crippen LogP contribution in [0.5, 0.6) is 11.5 Å². The number of amides is 1. The van der Waals surface area contributed by atoms with E-state index in [4.69, 9.17) is 14.2 Å². The molecular formula is C27H33NO5. The summed E-state index contributed by atoms with van der Waals surface area (Å²) in [7, 11) is 3.39. The van der Waals surface area contributed by atoms with Crippen molar-refractivity contribution in [1.29, 1.82) is 0 Å². The third kappa shape index (κ3) is 4.71. The summed E-state index contributed by atoms with van der Waals surface area (Å²) in [6.45, 7) is 1.99. The van der Waals surface area contributed by atoms with E-state index < -0.39 is 6.09 Å². The number of ether oxygens (including phenoxy) is 3. The van der Waals surface area contributed by atoms with Crippen molar-refractivity contribution in [2.45, 2.75) is 39.0 Å². The Hall–Kier alpha value is -2.99. The highest BCUT2D eigenvalue weighted by molar-refractivity contribution is 5.87. The lowest BCUT2D eigenvalue weighted by molar-refractivity contribution is 0.0675. The minimum atomic E-state index is -0.533. The van der Waals surface area contributed by atoms with Crippen molar-refractivity contribution in [3.8, 4) is 11.5 Å². The monoisotopic (exact) mass is 451 g/mol. The number of carbonyl (C=O) groups is 1. The van der Waals surface area contributed by atoms with Crippen LogP contribution in [0.1, 0.15) is 43.2 Å². The normalized spacial score (nSPS) is 24.6. The van der Waals surface area contributed by atoms with Crippen molar-refractivity contribution >= 4 is 17.5 Å². The molecule has 0 atom stereocenters. The lowest BCUT2D eigenvalue weighted by atomic mass is 9.54. The molecule has 6 heteroatoms. The van der Waals surface area contributed by atoms with E-state index in [1.165, 1.54) is 37.7 Å². The van der Waals surface area contributed by atoms with Gasteiger partial charge in [-0.25, -0.2) is 4.79 Å². The number of anilines is 1. The van der Waals surface area contributed by atoms with Gasteiger partial charge in [-0.3, -0.25) is 5.32 Å². The van der Waals surface area contributed by atoms with Gasteiger partial charge in [0, 0.05) is 17.3 Å². The molecule has 4 bridgehead atoms. The summed E-state index contributed by atoms with van der Waals surface area (Å²) in [6, 6.07) is 13.1. The zero-order chi connectivity index (χ0) is 22.2. The van der Waals surface area contributed by atoms with Crippen molar-refractivity contribution in [3.05, 3.63) is 59.2 Å². The fourth-order valence-corrected chi connectivity index (χ4v) is 6.24. The molecule has 2 aromatic rings. The zero-order valence-corrected chi connectivity index (χ0v) is 19.5. The van der Waals surface area contributed by atoms with Crippen LogP contribution in [0.3, 0.4) is 0 Å². The SMILES string of the molecule is COC(=C1C2CC3CC(C2)CC1C3)c1cc(NC(=O)Oc2ccc(C)cc2)cc(OC)c1.O. The van der Waals surface area contributed by atoms with Crippen LogP contribution in [0.4, 0.5) is 10.5 Å². The van der Waals surface area contributed by atoms with Gasteiger partial charge in [-0.15, -0.1) is 0 Å². The molecular weight excluding hydrogens is 418 g/mol. The van der Waals surface area contributed by atoms with Crippen LogP contribution in [-0.2, 0) is 4.74 Å². The average molecular weight is 452 g/mol. The second-order valence-corrected chi connectivity index (χ2v) is 9.57. The molecule has 4 saturated carbocycles. The Bertz CT molecular complexity index is 1010. The molecule has 2 aromatic carbocycles. The molecule has 4 aliphatic rings. The molecule has 176 valence electrons. The summed E-state index contributed by atoms with van der Waals surface area (Å²) in [4.78, 5) is 12.5. The molecule has 33 heavy (non-hydrogen) atoms. The Morgan fingerprint density at radius 1 is 0.879 bits per heavy atom. The van der Waals surface area contributed by atoms with Crippen LogP contribution >= 0.6 is 0 Å². The molecule has 4 fully saturated rings. The third-order valence-electron chi connectivity index (χ3n) is 7.37. The summed E-state index contributed by atoms with van der Waals surface area (Å²) >= 11 is 0. The number of hydrogen-bond donors (Lipinski definition) is 1. The Balaban J connectivity index is 0.00000259. The Kier molecular flexibility index (Phi) is 6.66. The quantitative estimate of drug-likeness (QED) is 0.599. The van der Waals surface area contributed by atoms with E-state index in [9.17, 15) is 4.79 Å². The predicted octanol–water partition coefficient (Wildman–Crippen LogP) is 5.60. The van der Waals surface area contributed by atoms with Crippen molar-refractivity contribution in [3.63, 3.8) is 0 Å². The summed E-state index contributed by atoms with van der Waals surface area (Å²) < 4.78 is 17.0. The standard InChI is InChI=1S/C27H31NO4.H2O/c1-16-4-6-23(7-5-16)32-27(29)28-22-13-21(14-24(15-22)30-2)26(31-3)25-19-9-17-8-18(11-19)12-20(25)10-17;/h4-7,13-15,17-20H,8-12H2,1-3H3,(H,28,29);1H2. The molecule has 6 rings (SSSR count). The smallest absolute Gasteiger partial charge is 0.417 e. The fourth-order valence-electron chi connectivity index (χ4n) is 6.24. The van der Waals surface area contributed by atoms with Gasteiger partial charge < -0.3 is 19.7 Å². The first kappa shape index (κ1) is 23.2. The summed E-state index contributed by atoms with van der Waals surface area (Å²) in [5.74, 6) is 5.15. The van der Waals surface area contributed by atoms with Crippen molar-refractivity contribution < 1.29 is 24.5 Å². The van der Waals surface area contributed by atoms with Crippen LogP contribution in [-0.4, -0.2) is 25.8 Å². The maximum Gasteiger partial charge on any atom is 0.417 e. The number of rotatable bonds is 5. The van der Waals surface area contributed by atoms with Gasteiger partial charge in [0.15, 0.2) is 0 Å². The lowest BCUT2D eigenvalue weighted by Gasteiger charge is -2.51. The van der Waals surface area contributed by atoms with E-state index in [2.05, 4.69) is 5.32 Å². The Morgan fingerprint density at radius 3 is 2.09 bits per heavy atom. The largest absolute Gasteiger partial charge is 0.497 e. The van der Waals surface area contributed by atoms with Crippen LogP contribution < -0.4 is 14.8 Å². The maximum absolute atomic E-state index is 12.5. The van der Waals surface area contributed by atoms with E-state index >= 15 is 0 Å². The number of benzene rings is 2. The first-order chi connectivity index (χ1) is 15.5. The Labute approximate surface area is 195 Å². The van der Waals surface area contributed by atoms with Crippen molar-refractivity contribution in [2.75, 3.05) is 19.5 Å². The number of carbonyl (C=O) groups excluding carboxylic acids is 1. The van der Waals surface area contributed by atoms with E-state index in [1.807, 2.05) is 31.2 Å². The Morgan fingerprint density at radius 2 is 1.52 bits per heavy atom. The van der Waals surface area contributed by atoms with Gasteiger partial charge in [0.05, 0.1) is 14.2 Å². The molecule has 0 aliphatic heterocycles. The highest BCUT2D eigenvalue weighted by Gasteiger charge is 2.46. The molecule has 0 heterocycles. The van der Waals surface area contributed by atoms with Gasteiger partial charge in [0.1, 0.15) is 17.3 Å². The van der Waals surface area contributed by atoms with E-state index in [-0.39, 0.29) is 5.48 Å². The molecule has 3 N–H and O–H groups in total. The van der Waals surface area contributed by atoms with Gasteiger partial charge in [0.2, 0.25) is 0 Å². The van der Waals surface area contributed by atoms with E-state index in [0.29, 0.717) is 29.0 Å². The number of nitrogens with one attached hydrogen (secondary N) is 1. The molecule has 6 nitrogen and oxygen atoms in total. The number of allylic oxidation sites excluding steroid dienone is 1. The predicted molar refractivity (Wildman–Crippen MR) is 128 cm³/mol. The van der Waals surface area contributed by atoms with Gasteiger partial charge in [-0.05, 0) is 92.5 Å². The number of methoxy groups -OCH3 is 2. The van der Waals surface area contributed by atoms with E-state index in [0.717, 1.165) is 28.7 Å². The second kappa shape index (κ2) is 9.48. The van der Waals surface area contributed by atoms with Gasteiger partial charge in [0.25, 0.3) is 0 Å². The van der Waals surface area contributed by atoms with Crippen molar-refractivity contribution in [2.24, 2.45) is 23.7 Å².